The highest BCUT2D eigenvalue weighted by Gasteiger charge is 2.31. The summed E-state index contributed by atoms with van der Waals surface area (Å²) in [6.07, 6.45) is 2.41. The van der Waals surface area contributed by atoms with Crippen LogP contribution in [0.2, 0.25) is 0 Å². The van der Waals surface area contributed by atoms with Crippen LogP contribution in [0.1, 0.15) is 70.3 Å². The SMILES string of the molecule is CCCCN(C)S(=O)(=O)c1ccc(C(=O)Nc2sc3c(c2C(=O)N(CC)CC)CCN(Cc2ccccc2)C3)cc1. The number of unbranched alkanes of at least 4 members (excludes halogenated alkanes) is 1. The third-order valence-corrected chi connectivity index (χ3v) is 10.5. The molecule has 3 aromatic rings. The topological polar surface area (TPSA) is 90.0 Å². The van der Waals surface area contributed by atoms with E-state index in [1.54, 1.807) is 11.9 Å². The van der Waals surface area contributed by atoms with Crippen LogP contribution in [-0.4, -0.2) is 67.6 Å². The molecular formula is C31H40N4O4S2. The monoisotopic (exact) mass is 596 g/mol. The molecule has 2 aromatic carbocycles. The average Bonchev–Trinajstić information content (AvgIpc) is 3.33. The van der Waals surface area contributed by atoms with E-state index in [1.165, 1.54) is 45.5 Å². The second-order valence-electron chi connectivity index (χ2n) is 10.3. The lowest BCUT2D eigenvalue weighted by molar-refractivity contribution is 0.0772. The molecule has 1 N–H and O–H groups in total. The van der Waals surface area contributed by atoms with E-state index < -0.39 is 10.0 Å². The first-order valence-electron chi connectivity index (χ1n) is 14.3. The normalized spacial score (nSPS) is 13.7. The molecular weight excluding hydrogens is 556 g/mol. The zero-order valence-corrected chi connectivity index (χ0v) is 26.0. The molecule has 1 aliphatic heterocycles. The summed E-state index contributed by atoms with van der Waals surface area (Å²) in [5, 5.41) is 3.55. The lowest BCUT2D eigenvalue weighted by atomic mass is 10.0. The quantitative estimate of drug-likeness (QED) is 0.300. The Morgan fingerprint density at radius 2 is 1.68 bits per heavy atom. The molecule has 0 saturated heterocycles. The van der Waals surface area contributed by atoms with Crippen molar-refractivity contribution >= 4 is 38.2 Å². The summed E-state index contributed by atoms with van der Waals surface area (Å²) in [5.74, 6) is -0.447. The number of anilines is 1. The predicted molar refractivity (Wildman–Crippen MR) is 165 cm³/mol. The van der Waals surface area contributed by atoms with Crippen LogP contribution in [0.3, 0.4) is 0 Å². The van der Waals surface area contributed by atoms with E-state index in [0.717, 1.165) is 42.8 Å². The number of nitrogens with zero attached hydrogens (tertiary/aromatic N) is 3. The average molecular weight is 597 g/mol. The number of nitrogens with one attached hydrogen (secondary N) is 1. The van der Waals surface area contributed by atoms with Gasteiger partial charge in [0, 0.05) is 56.8 Å². The molecule has 2 heterocycles. The van der Waals surface area contributed by atoms with Gasteiger partial charge in [-0.25, -0.2) is 12.7 Å². The van der Waals surface area contributed by atoms with Gasteiger partial charge in [-0.15, -0.1) is 11.3 Å². The zero-order chi connectivity index (χ0) is 29.6. The number of hydrogen-bond donors (Lipinski definition) is 1. The van der Waals surface area contributed by atoms with E-state index >= 15 is 0 Å². The molecule has 2 amide bonds. The lowest BCUT2D eigenvalue weighted by Gasteiger charge is -2.28. The van der Waals surface area contributed by atoms with Gasteiger partial charge in [0.1, 0.15) is 5.00 Å². The highest BCUT2D eigenvalue weighted by atomic mass is 32.2. The fourth-order valence-electron chi connectivity index (χ4n) is 5.05. The molecule has 0 saturated carbocycles. The lowest BCUT2D eigenvalue weighted by Crippen LogP contribution is -2.33. The molecule has 1 aromatic heterocycles. The number of carbonyl (C=O) groups is 2. The van der Waals surface area contributed by atoms with Gasteiger partial charge in [-0.05, 0) is 62.1 Å². The number of fused-ring (bicyclic) bond motifs is 1. The van der Waals surface area contributed by atoms with Crippen LogP contribution in [-0.2, 0) is 29.5 Å². The van der Waals surface area contributed by atoms with Crippen LogP contribution in [0.4, 0.5) is 5.00 Å². The van der Waals surface area contributed by atoms with Crippen molar-refractivity contribution in [3.63, 3.8) is 0 Å². The van der Waals surface area contributed by atoms with Crippen molar-refractivity contribution in [3.8, 4) is 0 Å². The van der Waals surface area contributed by atoms with Gasteiger partial charge < -0.3 is 10.2 Å². The van der Waals surface area contributed by atoms with E-state index in [2.05, 4.69) is 22.3 Å². The van der Waals surface area contributed by atoms with Crippen LogP contribution in [0, 0.1) is 0 Å². The first-order chi connectivity index (χ1) is 19.7. The molecule has 220 valence electrons. The Kier molecular flexibility index (Phi) is 10.4. The molecule has 8 nitrogen and oxygen atoms in total. The van der Waals surface area contributed by atoms with Gasteiger partial charge in [-0.2, -0.15) is 0 Å². The fourth-order valence-corrected chi connectivity index (χ4v) is 7.54. The van der Waals surface area contributed by atoms with Gasteiger partial charge in [0.2, 0.25) is 10.0 Å². The van der Waals surface area contributed by atoms with Gasteiger partial charge in [0.25, 0.3) is 11.8 Å². The van der Waals surface area contributed by atoms with Gasteiger partial charge in [0.05, 0.1) is 10.5 Å². The van der Waals surface area contributed by atoms with Crippen molar-refractivity contribution in [2.24, 2.45) is 0 Å². The molecule has 0 unspecified atom stereocenters. The van der Waals surface area contributed by atoms with Gasteiger partial charge in [-0.3, -0.25) is 14.5 Å². The smallest absolute Gasteiger partial charge is 0.257 e. The Labute approximate surface area is 248 Å². The molecule has 0 radical (unpaired) electrons. The Bertz CT molecular complexity index is 1450. The van der Waals surface area contributed by atoms with E-state index in [4.69, 9.17) is 0 Å². The van der Waals surface area contributed by atoms with Gasteiger partial charge >= 0.3 is 0 Å². The van der Waals surface area contributed by atoms with E-state index in [9.17, 15) is 18.0 Å². The standard InChI is InChI=1S/C31H40N4O4S2/c1-5-8-19-33(4)41(38,39)25-16-14-24(15-17-25)29(36)32-30-28(31(37)35(6-2)7-3)26-18-20-34(22-27(26)40-30)21-23-12-10-9-11-13-23/h9-17H,5-8,18-22H2,1-4H3,(H,32,36). The number of sulfonamides is 1. The molecule has 4 rings (SSSR count). The first-order valence-corrected chi connectivity index (χ1v) is 16.5. The maximum absolute atomic E-state index is 13.6. The maximum Gasteiger partial charge on any atom is 0.257 e. The minimum Gasteiger partial charge on any atom is -0.339 e. The van der Waals surface area contributed by atoms with Gasteiger partial charge in [0.15, 0.2) is 0 Å². The summed E-state index contributed by atoms with van der Waals surface area (Å²) >= 11 is 1.46. The molecule has 1 aliphatic rings. The predicted octanol–water partition coefficient (Wildman–Crippen LogP) is 5.46. The Balaban J connectivity index is 1.58. The minimum atomic E-state index is -3.63. The van der Waals surface area contributed by atoms with Crippen LogP contribution in [0.5, 0.6) is 0 Å². The zero-order valence-electron chi connectivity index (χ0n) is 24.4. The van der Waals surface area contributed by atoms with Crippen molar-refractivity contribution < 1.29 is 18.0 Å². The van der Waals surface area contributed by atoms with Crippen molar-refractivity contribution in [1.29, 1.82) is 0 Å². The summed E-state index contributed by atoms with van der Waals surface area (Å²) < 4.78 is 27.1. The largest absolute Gasteiger partial charge is 0.339 e. The summed E-state index contributed by atoms with van der Waals surface area (Å²) in [5.41, 5.74) is 3.17. The number of thiophene rings is 1. The first kappa shape index (κ1) is 30.9. The molecule has 0 atom stereocenters. The van der Waals surface area contributed by atoms with Crippen LogP contribution < -0.4 is 5.32 Å². The molecule has 0 bridgehead atoms. The maximum atomic E-state index is 13.6. The number of amides is 2. The summed E-state index contributed by atoms with van der Waals surface area (Å²) in [7, 11) is -2.06. The third-order valence-electron chi connectivity index (χ3n) is 7.53. The Morgan fingerprint density at radius 1 is 1.00 bits per heavy atom. The summed E-state index contributed by atoms with van der Waals surface area (Å²) in [6, 6.07) is 16.3. The highest BCUT2D eigenvalue weighted by molar-refractivity contribution is 7.89. The molecule has 41 heavy (non-hydrogen) atoms. The Hall–Kier alpha value is -3.05. The third kappa shape index (κ3) is 7.06. The second-order valence-corrected chi connectivity index (χ2v) is 13.4. The van der Waals surface area contributed by atoms with Crippen LogP contribution in [0.15, 0.2) is 59.5 Å². The molecule has 0 spiro atoms. The van der Waals surface area contributed by atoms with Crippen LogP contribution in [0.25, 0.3) is 0 Å². The molecule has 0 aliphatic carbocycles. The number of rotatable bonds is 12. The van der Waals surface area contributed by atoms with Crippen LogP contribution >= 0.6 is 11.3 Å². The summed E-state index contributed by atoms with van der Waals surface area (Å²) in [4.78, 5) is 32.4. The number of benzene rings is 2. The number of hydrogen-bond acceptors (Lipinski definition) is 6. The summed E-state index contributed by atoms with van der Waals surface area (Å²) in [6.45, 7) is 9.88. The fraction of sp³-hybridized carbons (Fsp3) is 0.419. The number of carbonyl (C=O) groups excluding carboxylic acids is 2. The van der Waals surface area contributed by atoms with E-state index in [1.807, 2.05) is 39.0 Å². The molecule has 10 heteroatoms. The van der Waals surface area contributed by atoms with Crippen molar-refractivity contribution in [3.05, 3.63) is 81.7 Å². The minimum absolute atomic E-state index is 0.0733. The van der Waals surface area contributed by atoms with E-state index in [-0.39, 0.29) is 16.7 Å². The van der Waals surface area contributed by atoms with Crippen molar-refractivity contribution in [1.82, 2.24) is 14.1 Å². The van der Waals surface area contributed by atoms with Crippen molar-refractivity contribution in [2.75, 3.05) is 38.5 Å². The van der Waals surface area contributed by atoms with E-state index in [0.29, 0.717) is 42.3 Å². The van der Waals surface area contributed by atoms with Crippen molar-refractivity contribution in [2.45, 2.75) is 58.0 Å². The van der Waals surface area contributed by atoms with Gasteiger partial charge in [-0.1, -0.05) is 43.7 Å². The Morgan fingerprint density at radius 3 is 2.32 bits per heavy atom. The second kappa shape index (κ2) is 13.7. The molecule has 0 fully saturated rings. The highest BCUT2D eigenvalue weighted by Crippen LogP contribution is 2.38.